The summed E-state index contributed by atoms with van der Waals surface area (Å²) in [5.74, 6) is 0.959. The first-order valence-electron chi connectivity index (χ1n) is 10.0. The molecule has 1 aromatic rings. The lowest BCUT2D eigenvalue weighted by Gasteiger charge is -2.34. The molecule has 2 amide bonds. The highest BCUT2D eigenvalue weighted by molar-refractivity contribution is 5.94. The summed E-state index contributed by atoms with van der Waals surface area (Å²) in [7, 11) is 0. The van der Waals surface area contributed by atoms with Crippen LogP contribution in [0.3, 0.4) is 0 Å². The molecule has 0 aromatic heterocycles. The summed E-state index contributed by atoms with van der Waals surface area (Å²) in [6, 6.07) is 9.33. The molecule has 0 radical (unpaired) electrons. The Kier molecular flexibility index (Phi) is 6.43. The Morgan fingerprint density at radius 1 is 1.19 bits per heavy atom. The molecule has 4 rings (SSSR count). The Bertz CT molecular complexity index is 661. The van der Waals surface area contributed by atoms with Crippen LogP contribution in [0.2, 0.25) is 0 Å². The third-order valence-electron chi connectivity index (χ3n) is 6.51. The number of rotatable bonds is 4. The fraction of sp³-hybridized carbons (Fsp3) is 0.619. The molecule has 3 aliphatic rings. The van der Waals surface area contributed by atoms with Gasteiger partial charge in [-0.15, -0.1) is 12.4 Å². The fourth-order valence-electron chi connectivity index (χ4n) is 4.75. The number of carbonyl (C=O) groups excluding carboxylic acids is 2. The molecule has 3 fully saturated rings. The average molecular weight is 392 g/mol. The molecule has 2 unspecified atom stereocenters. The van der Waals surface area contributed by atoms with Crippen molar-refractivity contribution in [3.63, 3.8) is 0 Å². The molecule has 1 saturated carbocycles. The van der Waals surface area contributed by atoms with E-state index < -0.39 is 0 Å². The van der Waals surface area contributed by atoms with Gasteiger partial charge in [-0.05, 0) is 68.7 Å². The lowest BCUT2D eigenvalue weighted by molar-refractivity contribution is -0.135. The van der Waals surface area contributed by atoms with E-state index in [4.69, 9.17) is 0 Å². The second-order valence-corrected chi connectivity index (χ2v) is 8.24. The number of hydrogen-bond donors (Lipinski definition) is 2. The molecule has 2 heterocycles. The van der Waals surface area contributed by atoms with Crippen LogP contribution < -0.4 is 10.6 Å². The number of amides is 2. The Hall–Kier alpha value is -1.59. The van der Waals surface area contributed by atoms with Gasteiger partial charge >= 0.3 is 0 Å². The van der Waals surface area contributed by atoms with Crippen LogP contribution in [0.5, 0.6) is 0 Å². The molecule has 1 aliphatic carbocycles. The molecule has 2 atom stereocenters. The number of carbonyl (C=O) groups is 2. The van der Waals surface area contributed by atoms with Gasteiger partial charge in [0.15, 0.2) is 0 Å². The van der Waals surface area contributed by atoms with Crippen LogP contribution in [0.15, 0.2) is 30.3 Å². The van der Waals surface area contributed by atoms with Crippen molar-refractivity contribution < 1.29 is 9.59 Å². The molecule has 27 heavy (non-hydrogen) atoms. The maximum absolute atomic E-state index is 13.0. The zero-order chi connectivity index (χ0) is 18.0. The van der Waals surface area contributed by atoms with Crippen molar-refractivity contribution in [2.24, 2.45) is 17.3 Å². The topological polar surface area (TPSA) is 61.4 Å². The second-order valence-electron chi connectivity index (χ2n) is 8.24. The first-order chi connectivity index (χ1) is 12.7. The minimum Gasteiger partial charge on any atom is -0.352 e. The monoisotopic (exact) mass is 391 g/mol. The number of hydrogen-bond acceptors (Lipinski definition) is 3. The van der Waals surface area contributed by atoms with E-state index >= 15 is 0 Å². The first kappa shape index (κ1) is 20.2. The molecule has 1 aromatic carbocycles. The maximum Gasteiger partial charge on any atom is 0.251 e. The SMILES string of the molecule is Cl.O=C(NCC1CCCN(C(=O)C2CC23CCNCC3)C1)c1ccccc1. The fourth-order valence-corrected chi connectivity index (χ4v) is 4.75. The Balaban J connectivity index is 0.00000210. The zero-order valence-corrected chi connectivity index (χ0v) is 16.6. The molecule has 5 nitrogen and oxygen atoms in total. The van der Waals surface area contributed by atoms with Gasteiger partial charge in [0.05, 0.1) is 0 Å². The zero-order valence-electron chi connectivity index (χ0n) is 15.8. The Morgan fingerprint density at radius 3 is 2.67 bits per heavy atom. The van der Waals surface area contributed by atoms with E-state index in [1.165, 1.54) is 0 Å². The largest absolute Gasteiger partial charge is 0.352 e. The maximum atomic E-state index is 13.0. The van der Waals surface area contributed by atoms with Gasteiger partial charge in [-0.2, -0.15) is 0 Å². The van der Waals surface area contributed by atoms with Gasteiger partial charge in [-0.3, -0.25) is 9.59 Å². The predicted octanol–water partition coefficient (Wildman–Crippen LogP) is 2.47. The van der Waals surface area contributed by atoms with Crippen molar-refractivity contribution in [3.05, 3.63) is 35.9 Å². The normalized spacial score (nSPS) is 26.1. The molecule has 0 bridgehead atoms. The van der Waals surface area contributed by atoms with Gasteiger partial charge in [0.25, 0.3) is 5.91 Å². The second kappa shape index (κ2) is 8.61. The number of piperidine rings is 2. The van der Waals surface area contributed by atoms with Gasteiger partial charge in [0.1, 0.15) is 0 Å². The van der Waals surface area contributed by atoms with Crippen LogP contribution >= 0.6 is 12.4 Å². The van der Waals surface area contributed by atoms with Crippen LogP contribution in [-0.2, 0) is 4.79 Å². The van der Waals surface area contributed by atoms with E-state index in [0.717, 1.165) is 58.3 Å². The Labute approximate surface area is 167 Å². The predicted molar refractivity (Wildman–Crippen MR) is 108 cm³/mol. The van der Waals surface area contributed by atoms with Gasteiger partial charge in [-0.25, -0.2) is 0 Å². The van der Waals surface area contributed by atoms with Crippen LogP contribution in [0.4, 0.5) is 0 Å². The van der Waals surface area contributed by atoms with E-state index in [1.807, 2.05) is 30.3 Å². The summed E-state index contributed by atoms with van der Waals surface area (Å²) < 4.78 is 0. The molecule has 2 N–H and O–H groups in total. The number of halogens is 1. The highest BCUT2D eigenvalue weighted by Crippen LogP contribution is 2.59. The standard InChI is InChI=1S/C21H29N3O2.ClH/c25-19(17-6-2-1-3-7-17)23-14-16-5-4-12-24(15-16)20(26)18-13-21(18)8-10-22-11-9-21;/h1-3,6-7,16,18,22H,4-5,8-15H2,(H,23,25);1H. The quantitative estimate of drug-likeness (QED) is 0.828. The molecular weight excluding hydrogens is 362 g/mol. The van der Waals surface area contributed by atoms with Crippen molar-refractivity contribution in [1.29, 1.82) is 0 Å². The van der Waals surface area contributed by atoms with Crippen LogP contribution in [-0.4, -0.2) is 49.4 Å². The molecule has 2 aliphatic heterocycles. The lowest BCUT2D eigenvalue weighted by Crippen LogP contribution is -2.45. The number of benzene rings is 1. The minimum absolute atomic E-state index is 0. The van der Waals surface area contributed by atoms with Gasteiger partial charge in [0, 0.05) is 31.1 Å². The van der Waals surface area contributed by atoms with Crippen molar-refractivity contribution >= 4 is 24.2 Å². The highest BCUT2D eigenvalue weighted by atomic mass is 35.5. The summed E-state index contributed by atoms with van der Waals surface area (Å²) in [5.41, 5.74) is 0.999. The highest BCUT2D eigenvalue weighted by Gasteiger charge is 2.58. The summed E-state index contributed by atoms with van der Waals surface area (Å²) in [4.78, 5) is 27.3. The smallest absolute Gasteiger partial charge is 0.251 e. The van der Waals surface area contributed by atoms with Crippen LogP contribution in [0.1, 0.15) is 42.5 Å². The van der Waals surface area contributed by atoms with Crippen molar-refractivity contribution in [3.8, 4) is 0 Å². The lowest BCUT2D eigenvalue weighted by atomic mass is 9.91. The van der Waals surface area contributed by atoms with E-state index in [9.17, 15) is 9.59 Å². The van der Waals surface area contributed by atoms with Crippen LogP contribution in [0, 0.1) is 17.3 Å². The van der Waals surface area contributed by atoms with Crippen molar-refractivity contribution in [1.82, 2.24) is 15.5 Å². The van der Waals surface area contributed by atoms with Gasteiger partial charge in [-0.1, -0.05) is 18.2 Å². The Morgan fingerprint density at radius 2 is 1.93 bits per heavy atom. The summed E-state index contributed by atoms with van der Waals surface area (Å²) in [6.45, 7) is 4.43. The number of nitrogens with one attached hydrogen (secondary N) is 2. The van der Waals surface area contributed by atoms with E-state index in [1.54, 1.807) is 0 Å². The third-order valence-corrected chi connectivity index (χ3v) is 6.51. The third kappa shape index (κ3) is 4.46. The van der Waals surface area contributed by atoms with Gasteiger partial charge < -0.3 is 15.5 Å². The molecular formula is C21H30ClN3O2. The van der Waals surface area contributed by atoms with E-state index in [-0.39, 0.29) is 24.2 Å². The van der Waals surface area contributed by atoms with Gasteiger partial charge in [0.2, 0.25) is 5.91 Å². The number of nitrogens with zero attached hydrogens (tertiary/aromatic N) is 1. The molecule has 2 saturated heterocycles. The van der Waals surface area contributed by atoms with E-state index in [0.29, 0.717) is 29.3 Å². The van der Waals surface area contributed by atoms with Crippen molar-refractivity contribution in [2.75, 3.05) is 32.7 Å². The molecule has 1 spiro atoms. The summed E-state index contributed by atoms with van der Waals surface area (Å²) in [5, 5.41) is 6.45. The first-order valence-corrected chi connectivity index (χ1v) is 10.0. The minimum atomic E-state index is -0.0232. The molecule has 6 heteroatoms. The number of likely N-dealkylation sites (tertiary alicyclic amines) is 1. The summed E-state index contributed by atoms with van der Waals surface area (Å²) >= 11 is 0. The van der Waals surface area contributed by atoms with Crippen LogP contribution in [0.25, 0.3) is 0 Å². The average Bonchev–Trinajstić information content (AvgIpc) is 3.39. The summed E-state index contributed by atoms with van der Waals surface area (Å²) in [6.07, 6.45) is 5.50. The molecule has 148 valence electrons. The van der Waals surface area contributed by atoms with E-state index in [2.05, 4.69) is 15.5 Å². The van der Waals surface area contributed by atoms with Crippen molar-refractivity contribution in [2.45, 2.75) is 32.1 Å².